The van der Waals surface area contributed by atoms with E-state index in [9.17, 15) is 0 Å². The zero-order chi connectivity index (χ0) is 11.1. The van der Waals surface area contributed by atoms with Gasteiger partial charge in [0.2, 0.25) is 0 Å². The lowest BCUT2D eigenvalue weighted by Gasteiger charge is -2.21. The Morgan fingerprint density at radius 2 is 1.87 bits per heavy atom. The molecule has 0 aliphatic rings. The topological polar surface area (TPSA) is 74.2 Å². The maximum atomic E-state index is 5.72. The Kier molecular flexibility index (Phi) is 2.03. The highest BCUT2D eigenvalue weighted by Gasteiger charge is 2.17. The van der Waals surface area contributed by atoms with Crippen LogP contribution in [0.2, 0.25) is 0 Å². The summed E-state index contributed by atoms with van der Waals surface area (Å²) in [5.41, 5.74) is 7.06. The molecule has 80 valence electrons. The van der Waals surface area contributed by atoms with E-state index in [1.165, 1.54) is 0 Å². The lowest BCUT2D eigenvalue weighted by Crippen LogP contribution is -2.23. The van der Waals surface area contributed by atoms with Crippen LogP contribution in [-0.2, 0) is 0 Å². The Balaban J connectivity index is 2.53. The largest absolute Gasteiger partial charge is 0.486 e. The molecule has 1 aromatic heterocycles. The summed E-state index contributed by atoms with van der Waals surface area (Å²) >= 11 is 0. The molecule has 5 nitrogen and oxygen atoms in total. The van der Waals surface area contributed by atoms with Gasteiger partial charge in [-0.2, -0.15) is 0 Å². The number of aromatic nitrogens is 2. The van der Waals surface area contributed by atoms with E-state index in [1.807, 2.05) is 20.8 Å². The average Bonchev–Trinajstić information content (AvgIpc) is 2.57. The third-order valence-electron chi connectivity index (χ3n) is 1.83. The second-order valence-corrected chi connectivity index (χ2v) is 4.33. The van der Waals surface area contributed by atoms with E-state index in [0.717, 1.165) is 0 Å². The SMILES string of the molecule is CC(C)(C)Oc1ccc(N)c2nonc12. The first-order valence-corrected chi connectivity index (χ1v) is 4.67. The summed E-state index contributed by atoms with van der Waals surface area (Å²) < 4.78 is 10.4. The molecule has 5 heteroatoms. The van der Waals surface area contributed by atoms with Gasteiger partial charge < -0.3 is 10.5 Å². The molecule has 0 saturated carbocycles. The van der Waals surface area contributed by atoms with Crippen molar-refractivity contribution in [2.24, 2.45) is 0 Å². The van der Waals surface area contributed by atoms with Gasteiger partial charge in [0.05, 0.1) is 5.69 Å². The van der Waals surface area contributed by atoms with Crippen molar-refractivity contribution in [1.82, 2.24) is 10.3 Å². The van der Waals surface area contributed by atoms with E-state index in [2.05, 4.69) is 14.9 Å². The number of benzene rings is 1. The number of ether oxygens (including phenoxy) is 1. The summed E-state index contributed by atoms with van der Waals surface area (Å²) in [6.07, 6.45) is 0. The number of anilines is 1. The van der Waals surface area contributed by atoms with Crippen LogP contribution < -0.4 is 10.5 Å². The van der Waals surface area contributed by atoms with Crippen molar-refractivity contribution < 1.29 is 9.37 Å². The Morgan fingerprint density at radius 3 is 2.53 bits per heavy atom. The molecule has 0 radical (unpaired) electrons. The Labute approximate surface area is 87.2 Å². The predicted molar refractivity (Wildman–Crippen MR) is 56.6 cm³/mol. The van der Waals surface area contributed by atoms with Crippen molar-refractivity contribution in [2.45, 2.75) is 26.4 Å². The third kappa shape index (κ3) is 1.86. The molecule has 1 aromatic carbocycles. The summed E-state index contributed by atoms with van der Waals surface area (Å²) in [6, 6.07) is 3.50. The van der Waals surface area contributed by atoms with Crippen LogP contribution in [0.5, 0.6) is 5.75 Å². The molecular formula is C10H13N3O2. The first-order valence-electron chi connectivity index (χ1n) is 4.67. The molecule has 0 aliphatic heterocycles. The lowest BCUT2D eigenvalue weighted by molar-refractivity contribution is 0.132. The zero-order valence-corrected chi connectivity index (χ0v) is 8.94. The highest BCUT2D eigenvalue weighted by Crippen LogP contribution is 2.29. The maximum absolute atomic E-state index is 5.72. The van der Waals surface area contributed by atoms with Gasteiger partial charge in [0.1, 0.15) is 5.60 Å². The molecule has 0 bridgehead atoms. The van der Waals surface area contributed by atoms with Crippen molar-refractivity contribution in [1.29, 1.82) is 0 Å². The van der Waals surface area contributed by atoms with Crippen LogP contribution in [0.15, 0.2) is 16.8 Å². The number of rotatable bonds is 1. The first kappa shape index (κ1) is 9.76. The summed E-state index contributed by atoms with van der Waals surface area (Å²) in [4.78, 5) is 0. The molecule has 1 heterocycles. The highest BCUT2D eigenvalue weighted by molar-refractivity contribution is 5.90. The van der Waals surface area contributed by atoms with E-state index in [-0.39, 0.29) is 5.60 Å². The van der Waals surface area contributed by atoms with Crippen molar-refractivity contribution >= 4 is 16.7 Å². The third-order valence-corrected chi connectivity index (χ3v) is 1.83. The first-order chi connectivity index (χ1) is 6.97. The fraction of sp³-hybridized carbons (Fsp3) is 0.400. The van der Waals surface area contributed by atoms with E-state index in [4.69, 9.17) is 10.5 Å². The monoisotopic (exact) mass is 207 g/mol. The molecule has 0 atom stereocenters. The number of nitrogens with zero attached hydrogens (tertiary/aromatic N) is 2. The van der Waals surface area contributed by atoms with Gasteiger partial charge in [-0.25, -0.2) is 4.63 Å². The molecule has 2 rings (SSSR count). The normalized spacial score (nSPS) is 11.9. The molecule has 0 unspecified atom stereocenters. The Hall–Kier alpha value is -1.78. The molecule has 2 N–H and O–H groups in total. The van der Waals surface area contributed by atoms with Crippen LogP contribution in [0.1, 0.15) is 20.8 Å². The smallest absolute Gasteiger partial charge is 0.179 e. The van der Waals surface area contributed by atoms with Gasteiger partial charge in [-0.05, 0) is 43.2 Å². The summed E-state index contributed by atoms with van der Waals surface area (Å²) in [5.74, 6) is 0.632. The van der Waals surface area contributed by atoms with Crippen LogP contribution in [0.4, 0.5) is 5.69 Å². The minimum Gasteiger partial charge on any atom is -0.486 e. The van der Waals surface area contributed by atoms with Gasteiger partial charge >= 0.3 is 0 Å². The second-order valence-electron chi connectivity index (χ2n) is 4.33. The minimum absolute atomic E-state index is 0.290. The number of fused-ring (bicyclic) bond motifs is 1. The molecule has 0 spiro atoms. The molecule has 0 saturated heterocycles. The standard InChI is InChI=1S/C10H13N3O2/c1-10(2,3)14-7-5-4-6(11)8-9(7)13-15-12-8/h4-5H,11H2,1-3H3. The van der Waals surface area contributed by atoms with Gasteiger partial charge in [-0.15, -0.1) is 0 Å². The summed E-state index contributed by atoms with van der Waals surface area (Å²) in [6.45, 7) is 5.88. The van der Waals surface area contributed by atoms with E-state index >= 15 is 0 Å². The van der Waals surface area contributed by atoms with Gasteiger partial charge in [-0.1, -0.05) is 0 Å². The molecule has 2 aromatic rings. The van der Waals surface area contributed by atoms with Crippen LogP contribution in [0, 0.1) is 0 Å². The van der Waals surface area contributed by atoms with Crippen LogP contribution in [0.25, 0.3) is 11.0 Å². The molecule has 0 fully saturated rings. The molecule has 0 amide bonds. The molecular weight excluding hydrogens is 194 g/mol. The highest BCUT2D eigenvalue weighted by atomic mass is 16.6. The van der Waals surface area contributed by atoms with Crippen LogP contribution in [0.3, 0.4) is 0 Å². The van der Waals surface area contributed by atoms with Crippen LogP contribution in [-0.4, -0.2) is 15.9 Å². The quantitative estimate of drug-likeness (QED) is 0.724. The van der Waals surface area contributed by atoms with E-state index in [1.54, 1.807) is 12.1 Å². The van der Waals surface area contributed by atoms with Gasteiger partial charge in [0, 0.05) is 0 Å². The van der Waals surface area contributed by atoms with Crippen molar-refractivity contribution in [3.63, 3.8) is 0 Å². The number of hydrogen-bond donors (Lipinski definition) is 1. The second kappa shape index (κ2) is 3.12. The average molecular weight is 207 g/mol. The van der Waals surface area contributed by atoms with Crippen LogP contribution >= 0.6 is 0 Å². The van der Waals surface area contributed by atoms with Gasteiger partial charge in [-0.3, -0.25) is 0 Å². The maximum Gasteiger partial charge on any atom is 0.179 e. The van der Waals surface area contributed by atoms with Crippen molar-refractivity contribution in [2.75, 3.05) is 5.73 Å². The van der Waals surface area contributed by atoms with Gasteiger partial charge in [0.15, 0.2) is 16.8 Å². The fourth-order valence-electron chi connectivity index (χ4n) is 1.28. The number of nitrogen functional groups attached to an aromatic ring is 1. The summed E-state index contributed by atoms with van der Waals surface area (Å²) in [7, 11) is 0. The van der Waals surface area contributed by atoms with Gasteiger partial charge in [0.25, 0.3) is 0 Å². The Bertz CT molecular complexity index is 485. The number of hydrogen-bond acceptors (Lipinski definition) is 5. The van der Waals surface area contributed by atoms with E-state index in [0.29, 0.717) is 22.5 Å². The summed E-state index contributed by atoms with van der Waals surface area (Å²) in [5, 5.41) is 7.49. The van der Waals surface area contributed by atoms with E-state index < -0.39 is 0 Å². The zero-order valence-electron chi connectivity index (χ0n) is 8.94. The number of nitrogens with two attached hydrogens (primary N) is 1. The lowest BCUT2D eigenvalue weighted by atomic mass is 10.2. The van der Waals surface area contributed by atoms with Crippen molar-refractivity contribution in [3.05, 3.63) is 12.1 Å². The minimum atomic E-state index is -0.290. The fourth-order valence-corrected chi connectivity index (χ4v) is 1.28. The Morgan fingerprint density at radius 1 is 1.20 bits per heavy atom. The predicted octanol–water partition coefficient (Wildman–Crippen LogP) is 1.98. The molecule has 15 heavy (non-hydrogen) atoms. The molecule has 0 aliphatic carbocycles. The van der Waals surface area contributed by atoms with Crippen molar-refractivity contribution in [3.8, 4) is 5.75 Å².